The van der Waals surface area contributed by atoms with Gasteiger partial charge >= 0.3 is 0 Å². The largest absolute Gasteiger partial charge is 0.379 e. The second-order valence-corrected chi connectivity index (χ2v) is 2.99. The summed E-state index contributed by atoms with van der Waals surface area (Å²) in [6.45, 7) is 5.32. The van der Waals surface area contributed by atoms with E-state index in [1.165, 1.54) is 0 Å². The molecule has 0 bridgehead atoms. The van der Waals surface area contributed by atoms with Crippen LogP contribution in [-0.4, -0.2) is 19.3 Å². The van der Waals surface area contributed by atoms with Crippen molar-refractivity contribution in [2.24, 2.45) is 11.7 Å². The van der Waals surface area contributed by atoms with Crippen LogP contribution < -0.4 is 5.73 Å². The van der Waals surface area contributed by atoms with Gasteiger partial charge < -0.3 is 10.5 Å². The Balaban J connectivity index is 3.10. The van der Waals surface area contributed by atoms with Gasteiger partial charge in [-0.3, -0.25) is 0 Å². The Morgan fingerprint density at radius 2 is 2.18 bits per heavy atom. The molecule has 0 aromatic rings. The van der Waals surface area contributed by atoms with Gasteiger partial charge in [0.1, 0.15) is 6.04 Å². The average molecular weight is 156 g/mol. The Hall–Kier alpha value is -0.590. The Bertz CT molecular complexity index is 129. The summed E-state index contributed by atoms with van der Waals surface area (Å²) < 4.78 is 5.15. The predicted octanol–water partition coefficient (Wildman–Crippen LogP) is 0.900. The molecular weight excluding hydrogens is 140 g/mol. The Morgan fingerprint density at radius 3 is 2.64 bits per heavy atom. The van der Waals surface area contributed by atoms with Gasteiger partial charge in [-0.25, -0.2) is 0 Å². The molecular formula is C8H16N2O. The molecule has 1 atom stereocenters. The molecule has 0 aromatic carbocycles. The van der Waals surface area contributed by atoms with E-state index in [2.05, 4.69) is 13.8 Å². The summed E-state index contributed by atoms with van der Waals surface area (Å²) in [5.41, 5.74) is 5.30. The van der Waals surface area contributed by atoms with E-state index in [9.17, 15) is 0 Å². The standard InChI is InChI=1S/C8H16N2O/c1-7(2)3-4-11-6-8(10)5-9/h7-8H,3-4,6,10H2,1-2H3. The molecule has 64 valence electrons. The van der Waals surface area contributed by atoms with Crippen molar-refractivity contribution in [1.29, 1.82) is 5.26 Å². The summed E-state index contributed by atoms with van der Waals surface area (Å²) in [5.74, 6) is 0.647. The van der Waals surface area contributed by atoms with Crippen LogP contribution in [0, 0.1) is 17.2 Å². The van der Waals surface area contributed by atoms with Gasteiger partial charge in [-0.1, -0.05) is 13.8 Å². The first kappa shape index (κ1) is 10.4. The number of hydrogen-bond acceptors (Lipinski definition) is 3. The molecule has 0 saturated carbocycles. The second kappa shape index (κ2) is 6.14. The van der Waals surface area contributed by atoms with Gasteiger partial charge in [0.25, 0.3) is 0 Å². The normalized spacial score (nSPS) is 13.0. The molecule has 3 heteroatoms. The van der Waals surface area contributed by atoms with E-state index < -0.39 is 6.04 Å². The quantitative estimate of drug-likeness (QED) is 0.601. The summed E-state index contributed by atoms with van der Waals surface area (Å²) >= 11 is 0. The van der Waals surface area contributed by atoms with Crippen LogP contribution in [-0.2, 0) is 4.74 Å². The summed E-state index contributed by atoms with van der Waals surface area (Å²) in [6.07, 6.45) is 1.03. The van der Waals surface area contributed by atoms with Gasteiger partial charge in [0, 0.05) is 6.61 Å². The molecule has 1 unspecified atom stereocenters. The molecule has 3 nitrogen and oxygen atoms in total. The topological polar surface area (TPSA) is 59.0 Å². The molecule has 0 aliphatic heterocycles. The number of rotatable bonds is 5. The molecule has 0 aromatic heterocycles. The van der Waals surface area contributed by atoms with Crippen molar-refractivity contribution in [1.82, 2.24) is 0 Å². The first-order valence-electron chi connectivity index (χ1n) is 3.89. The third kappa shape index (κ3) is 7.31. The van der Waals surface area contributed by atoms with E-state index in [1.807, 2.05) is 6.07 Å². The number of nitriles is 1. The predicted molar refractivity (Wildman–Crippen MR) is 43.9 cm³/mol. The van der Waals surface area contributed by atoms with Crippen LogP contribution in [0.2, 0.25) is 0 Å². The van der Waals surface area contributed by atoms with E-state index in [0.717, 1.165) is 6.42 Å². The average Bonchev–Trinajstić information content (AvgIpc) is 1.97. The lowest BCUT2D eigenvalue weighted by Gasteiger charge is -2.06. The molecule has 0 fully saturated rings. The minimum Gasteiger partial charge on any atom is -0.379 e. The van der Waals surface area contributed by atoms with Crippen LogP contribution in [0.4, 0.5) is 0 Å². The Morgan fingerprint density at radius 1 is 1.55 bits per heavy atom. The summed E-state index contributed by atoms with van der Waals surface area (Å²) in [7, 11) is 0. The molecule has 0 radical (unpaired) electrons. The highest BCUT2D eigenvalue weighted by Crippen LogP contribution is 1.98. The first-order chi connectivity index (χ1) is 5.16. The smallest absolute Gasteiger partial charge is 0.116 e. The maximum absolute atomic E-state index is 8.29. The van der Waals surface area contributed by atoms with E-state index in [0.29, 0.717) is 19.1 Å². The van der Waals surface area contributed by atoms with Gasteiger partial charge in [-0.05, 0) is 12.3 Å². The molecule has 0 aliphatic rings. The SMILES string of the molecule is CC(C)CCOCC(N)C#N. The first-order valence-corrected chi connectivity index (χ1v) is 3.89. The number of nitrogens with zero attached hydrogens (tertiary/aromatic N) is 1. The van der Waals surface area contributed by atoms with Crippen molar-refractivity contribution >= 4 is 0 Å². The lowest BCUT2D eigenvalue weighted by atomic mass is 10.1. The van der Waals surface area contributed by atoms with Gasteiger partial charge in [0.15, 0.2) is 0 Å². The third-order valence-corrected chi connectivity index (χ3v) is 1.30. The molecule has 0 amide bonds. The third-order valence-electron chi connectivity index (χ3n) is 1.30. The maximum atomic E-state index is 8.29. The molecule has 0 heterocycles. The van der Waals surface area contributed by atoms with Crippen molar-refractivity contribution in [3.8, 4) is 6.07 Å². The lowest BCUT2D eigenvalue weighted by molar-refractivity contribution is 0.120. The molecule has 0 aliphatic carbocycles. The van der Waals surface area contributed by atoms with Crippen LogP contribution in [0.1, 0.15) is 20.3 Å². The van der Waals surface area contributed by atoms with Crippen LogP contribution >= 0.6 is 0 Å². The fourth-order valence-electron chi connectivity index (χ4n) is 0.567. The number of ether oxygens (including phenoxy) is 1. The lowest BCUT2D eigenvalue weighted by Crippen LogP contribution is -2.24. The zero-order chi connectivity index (χ0) is 8.69. The molecule has 0 rings (SSSR count). The highest BCUT2D eigenvalue weighted by molar-refractivity contribution is 4.85. The fraction of sp³-hybridized carbons (Fsp3) is 0.875. The maximum Gasteiger partial charge on any atom is 0.116 e. The highest BCUT2D eigenvalue weighted by atomic mass is 16.5. The monoisotopic (exact) mass is 156 g/mol. The van der Waals surface area contributed by atoms with Crippen molar-refractivity contribution in [2.45, 2.75) is 26.3 Å². The van der Waals surface area contributed by atoms with E-state index in [1.54, 1.807) is 0 Å². The van der Waals surface area contributed by atoms with E-state index >= 15 is 0 Å². The molecule has 11 heavy (non-hydrogen) atoms. The zero-order valence-corrected chi connectivity index (χ0v) is 7.21. The molecule has 0 spiro atoms. The molecule has 0 saturated heterocycles. The van der Waals surface area contributed by atoms with E-state index in [-0.39, 0.29) is 0 Å². The fourth-order valence-corrected chi connectivity index (χ4v) is 0.567. The number of hydrogen-bond donors (Lipinski definition) is 1. The Labute approximate surface area is 68.1 Å². The second-order valence-electron chi connectivity index (χ2n) is 2.99. The molecule has 2 N–H and O–H groups in total. The zero-order valence-electron chi connectivity index (χ0n) is 7.21. The minimum atomic E-state index is -0.470. The van der Waals surface area contributed by atoms with Crippen LogP contribution in [0.15, 0.2) is 0 Å². The van der Waals surface area contributed by atoms with Crippen LogP contribution in [0.3, 0.4) is 0 Å². The Kier molecular flexibility index (Phi) is 5.81. The highest BCUT2D eigenvalue weighted by Gasteiger charge is 1.99. The van der Waals surface area contributed by atoms with E-state index in [4.69, 9.17) is 15.7 Å². The van der Waals surface area contributed by atoms with Gasteiger partial charge in [0.2, 0.25) is 0 Å². The van der Waals surface area contributed by atoms with Crippen LogP contribution in [0.25, 0.3) is 0 Å². The number of nitrogens with two attached hydrogens (primary N) is 1. The summed E-state index contributed by atoms with van der Waals surface area (Å²) in [6, 6.07) is 1.44. The van der Waals surface area contributed by atoms with Gasteiger partial charge in [-0.15, -0.1) is 0 Å². The van der Waals surface area contributed by atoms with Crippen molar-refractivity contribution in [2.75, 3.05) is 13.2 Å². The van der Waals surface area contributed by atoms with Crippen molar-refractivity contribution in [3.63, 3.8) is 0 Å². The van der Waals surface area contributed by atoms with Crippen molar-refractivity contribution < 1.29 is 4.74 Å². The summed E-state index contributed by atoms with van der Waals surface area (Å²) in [5, 5.41) is 8.29. The minimum absolute atomic E-state index is 0.350. The van der Waals surface area contributed by atoms with Gasteiger partial charge in [-0.2, -0.15) is 5.26 Å². The van der Waals surface area contributed by atoms with Crippen molar-refractivity contribution in [3.05, 3.63) is 0 Å². The van der Waals surface area contributed by atoms with Gasteiger partial charge in [0.05, 0.1) is 12.7 Å². The summed E-state index contributed by atoms with van der Waals surface area (Å²) in [4.78, 5) is 0. The van der Waals surface area contributed by atoms with Crippen LogP contribution in [0.5, 0.6) is 0 Å².